The van der Waals surface area contributed by atoms with Crippen molar-refractivity contribution in [3.05, 3.63) is 109 Å². The van der Waals surface area contributed by atoms with Gasteiger partial charge >= 0.3 is 11.9 Å². The summed E-state index contributed by atoms with van der Waals surface area (Å²) in [6, 6.07) is 0. The van der Waals surface area contributed by atoms with Crippen molar-refractivity contribution in [3.63, 3.8) is 0 Å². The monoisotopic (exact) mass is 715 g/mol. The van der Waals surface area contributed by atoms with E-state index < -0.39 is 32.5 Å². The van der Waals surface area contributed by atoms with E-state index in [9.17, 15) is 19.0 Å². The number of hydrogen-bond donors (Lipinski definition) is 0. The maximum atomic E-state index is 12.5. The summed E-state index contributed by atoms with van der Waals surface area (Å²) in [4.78, 5) is 37.2. The van der Waals surface area contributed by atoms with Gasteiger partial charge < -0.3 is 27.9 Å². The summed E-state index contributed by atoms with van der Waals surface area (Å²) in [5.74, 6) is -0.986. The Bertz CT molecular complexity index is 1220. The number of quaternary nitrogens is 1. The lowest BCUT2D eigenvalue weighted by molar-refractivity contribution is -0.870. The van der Waals surface area contributed by atoms with Crippen LogP contribution in [0, 0.1) is 0 Å². The summed E-state index contributed by atoms with van der Waals surface area (Å²) >= 11 is 0. The molecule has 0 saturated heterocycles. The zero-order valence-electron chi connectivity index (χ0n) is 31.0. The summed E-state index contributed by atoms with van der Waals surface area (Å²) in [5, 5.41) is 0. The Kier molecular flexibility index (Phi) is 29.5. The SMILES string of the molecule is CC/C=C/C=C/C=C/C=C/C=C/CCCC(=O)OC(COC(=O)CCCCC/C=C/C=C/C=C/C=C/CC)COP(=O)([O-])OCC[N+](C)(C)C. The number of nitrogens with zero attached hydrogens (tertiary/aromatic N) is 1. The van der Waals surface area contributed by atoms with E-state index >= 15 is 0 Å². The number of ether oxygens (including phenoxy) is 2. The van der Waals surface area contributed by atoms with Crippen LogP contribution in [-0.2, 0) is 32.7 Å². The van der Waals surface area contributed by atoms with Gasteiger partial charge in [-0.15, -0.1) is 0 Å². The zero-order valence-corrected chi connectivity index (χ0v) is 31.9. The molecule has 9 nitrogen and oxygen atoms in total. The molecule has 50 heavy (non-hydrogen) atoms. The van der Waals surface area contributed by atoms with E-state index in [2.05, 4.69) is 32.1 Å². The Balaban J connectivity index is 4.72. The molecule has 0 rings (SSSR count). The van der Waals surface area contributed by atoms with Gasteiger partial charge in [-0.2, -0.15) is 0 Å². The molecule has 280 valence electrons. The molecule has 0 aliphatic heterocycles. The van der Waals surface area contributed by atoms with Crippen LogP contribution in [-0.4, -0.2) is 70.0 Å². The molecule has 0 amide bonds. The molecular weight excluding hydrogens is 653 g/mol. The van der Waals surface area contributed by atoms with Crippen molar-refractivity contribution < 1.29 is 42.1 Å². The van der Waals surface area contributed by atoms with Gasteiger partial charge in [-0.25, -0.2) is 0 Å². The maximum absolute atomic E-state index is 12.5. The predicted octanol–water partition coefficient (Wildman–Crippen LogP) is 8.60. The minimum atomic E-state index is -4.65. The molecule has 0 saturated carbocycles. The minimum Gasteiger partial charge on any atom is -0.756 e. The highest BCUT2D eigenvalue weighted by atomic mass is 31.2. The number of carbonyl (C=O) groups excluding carboxylic acids is 2. The van der Waals surface area contributed by atoms with Crippen LogP contribution in [0.5, 0.6) is 0 Å². The molecule has 0 aliphatic rings. The Morgan fingerprint density at radius 3 is 1.62 bits per heavy atom. The summed E-state index contributed by atoms with van der Waals surface area (Å²) < 4.78 is 33.5. The van der Waals surface area contributed by atoms with Gasteiger partial charge in [0, 0.05) is 12.8 Å². The van der Waals surface area contributed by atoms with Gasteiger partial charge in [-0.1, -0.05) is 130 Å². The van der Waals surface area contributed by atoms with Gasteiger partial charge in [-0.3, -0.25) is 14.2 Å². The van der Waals surface area contributed by atoms with E-state index in [1.54, 1.807) is 0 Å². The normalized spacial score (nSPS) is 15.1. The van der Waals surface area contributed by atoms with Crippen molar-refractivity contribution in [2.24, 2.45) is 0 Å². The molecular formula is C40H62NO8P. The average Bonchev–Trinajstić information content (AvgIpc) is 3.06. The lowest BCUT2D eigenvalue weighted by Crippen LogP contribution is -2.37. The van der Waals surface area contributed by atoms with Crippen molar-refractivity contribution in [1.29, 1.82) is 0 Å². The topological polar surface area (TPSA) is 111 Å². The molecule has 2 unspecified atom stereocenters. The first-order valence-corrected chi connectivity index (χ1v) is 19.2. The summed E-state index contributed by atoms with van der Waals surface area (Å²) in [6.07, 6.45) is 41.4. The molecule has 0 spiro atoms. The highest BCUT2D eigenvalue weighted by Gasteiger charge is 2.21. The molecule has 0 bridgehead atoms. The highest BCUT2D eigenvalue weighted by molar-refractivity contribution is 7.45. The smallest absolute Gasteiger partial charge is 0.306 e. The third-order valence-corrected chi connectivity index (χ3v) is 7.47. The lowest BCUT2D eigenvalue weighted by Gasteiger charge is -2.28. The third kappa shape index (κ3) is 34.5. The molecule has 0 heterocycles. The Morgan fingerprint density at radius 1 is 0.620 bits per heavy atom. The van der Waals surface area contributed by atoms with Crippen LogP contribution in [0.2, 0.25) is 0 Å². The fourth-order valence-electron chi connectivity index (χ4n) is 3.75. The molecule has 0 aromatic carbocycles. The van der Waals surface area contributed by atoms with Crippen molar-refractivity contribution in [2.45, 2.75) is 84.2 Å². The van der Waals surface area contributed by atoms with E-state index in [4.69, 9.17) is 18.5 Å². The van der Waals surface area contributed by atoms with Crippen LogP contribution >= 0.6 is 7.82 Å². The molecule has 0 fully saturated rings. The van der Waals surface area contributed by atoms with Crippen LogP contribution in [0.4, 0.5) is 0 Å². The largest absolute Gasteiger partial charge is 0.756 e. The maximum Gasteiger partial charge on any atom is 0.306 e. The Hall–Kier alpha value is -3.33. The summed E-state index contributed by atoms with van der Waals surface area (Å²) in [5.41, 5.74) is 0. The number of hydrogen-bond acceptors (Lipinski definition) is 8. The number of esters is 2. The molecule has 10 heteroatoms. The predicted molar refractivity (Wildman–Crippen MR) is 203 cm³/mol. The van der Waals surface area contributed by atoms with Crippen molar-refractivity contribution in [2.75, 3.05) is 47.5 Å². The Morgan fingerprint density at radius 2 is 1.10 bits per heavy atom. The van der Waals surface area contributed by atoms with Crippen LogP contribution in [0.15, 0.2) is 109 Å². The standard InChI is InChI=1S/C40H62NO8P/c1-6-8-10-12-14-16-18-20-22-24-26-28-30-32-39(42)46-36-38(37-48-50(44,45)47-35-34-41(3,4)5)49-40(43)33-31-29-27-25-23-21-19-17-15-13-11-9-7-2/h8-23,25,27,38H,6-7,24,26,28-37H2,1-5H3/b10-8+,11-9+,14-12+,15-13+,18-16+,19-17+,22-20+,23-21+,27-25+. The van der Waals surface area contributed by atoms with Gasteiger partial charge in [0.25, 0.3) is 7.82 Å². The molecule has 0 radical (unpaired) electrons. The van der Waals surface area contributed by atoms with Crippen LogP contribution in [0.25, 0.3) is 0 Å². The van der Waals surface area contributed by atoms with Crippen molar-refractivity contribution in [1.82, 2.24) is 0 Å². The van der Waals surface area contributed by atoms with Crippen molar-refractivity contribution in [3.8, 4) is 0 Å². The van der Waals surface area contributed by atoms with E-state index in [0.717, 1.165) is 32.1 Å². The molecule has 2 atom stereocenters. The number of likely N-dealkylation sites (N-methyl/N-ethyl adjacent to an activating group) is 1. The third-order valence-electron chi connectivity index (χ3n) is 6.51. The number of rotatable bonds is 29. The molecule has 0 aromatic heterocycles. The number of carbonyl (C=O) groups is 2. The second-order valence-corrected chi connectivity index (χ2v) is 13.7. The summed E-state index contributed by atoms with van der Waals surface area (Å²) in [6.45, 7) is 3.74. The van der Waals surface area contributed by atoms with Gasteiger partial charge in [0.1, 0.15) is 19.8 Å². The first-order valence-electron chi connectivity index (χ1n) is 17.7. The van der Waals surface area contributed by atoms with Gasteiger partial charge in [0.05, 0.1) is 27.7 Å². The molecule has 0 N–H and O–H groups in total. The lowest BCUT2D eigenvalue weighted by atomic mass is 10.1. The van der Waals surface area contributed by atoms with E-state index in [1.807, 2.05) is 112 Å². The summed E-state index contributed by atoms with van der Waals surface area (Å²) in [7, 11) is 1.07. The van der Waals surface area contributed by atoms with Crippen LogP contribution in [0.3, 0.4) is 0 Å². The molecule has 0 aliphatic carbocycles. The number of phosphoric ester groups is 1. The average molecular weight is 716 g/mol. The van der Waals surface area contributed by atoms with Crippen LogP contribution < -0.4 is 4.89 Å². The van der Waals surface area contributed by atoms with Gasteiger partial charge in [0.15, 0.2) is 6.10 Å². The van der Waals surface area contributed by atoms with Gasteiger partial charge in [0.2, 0.25) is 0 Å². The van der Waals surface area contributed by atoms with E-state index in [0.29, 0.717) is 30.3 Å². The van der Waals surface area contributed by atoms with E-state index in [-0.39, 0.29) is 26.1 Å². The second kappa shape index (κ2) is 31.6. The number of allylic oxidation sites excluding steroid dienone is 18. The number of unbranched alkanes of at least 4 members (excludes halogenated alkanes) is 4. The highest BCUT2D eigenvalue weighted by Crippen LogP contribution is 2.38. The first-order chi connectivity index (χ1) is 24.0. The second-order valence-electron chi connectivity index (χ2n) is 12.3. The minimum absolute atomic E-state index is 0.0584. The quantitative estimate of drug-likeness (QED) is 0.0249. The van der Waals surface area contributed by atoms with E-state index in [1.165, 1.54) is 0 Å². The Labute approximate surface area is 302 Å². The fourth-order valence-corrected chi connectivity index (χ4v) is 4.48. The first kappa shape index (κ1) is 46.7. The van der Waals surface area contributed by atoms with Crippen molar-refractivity contribution >= 4 is 19.8 Å². The zero-order chi connectivity index (χ0) is 37.2. The van der Waals surface area contributed by atoms with Gasteiger partial charge in [-0.05, 0) is 44.9 Å². The van der Waals surface area contributed by atoms with Crippen LogP contribution in [0.1, 0.15) is 78.1 Å². The fraction of sp³-hybridized carbons (Fsp3) is 0.500. The number of phosphoric acid groups is 1. The molecule has 0 aromatic rings.